The minimum absolute atomic E-state index is 0.173. The number of hydrogen-bond acceptors (Lipinski definition) is 1. The summed E-state index contributed by atoms with van der Waals surface area (Å²) in [5, 5.41) is 8.13. The van der Waals surface area contributed by atoms with Gasteiger partial charge in [-0.1, -0.05) is 53.5 Å². The van der Waals surface area contributed by atoms with E-state index in [9.17, 15) is 0 Å². The number of anilines is 1. The highest BCUT2D eigenvalue weighted by Gasteiger charge is 2.19. The molecular formula is C17H18Cl2N2S. The fourth-order valence-electron chi connectivity index (χ4n) is 2.25. The third-order valence-electron chi connectivity index (χ3n) is 3.06. The molecule has 0 bridgehead atoms. The number of hydrogen-bond donors (Lipinski definition) is 2. The Bertz CT molecular complexity index is 637. The van der Waals surface area contributed by atoms with E-state index in [1.54, 1.807) is 18.2 Å². The fraction of sp³-hybridized carbons (Fsp3) is 0.235. The highest BCUT2D eigenvalue weighted by atomic mass is 35.5. The minimum Gasteiger partial charge on any atom is -0.357 e. The van der Waals surface area contributed by atoms with Crippen LogP contribution in [0.1, 0.15) is 19.4 Å². The molecular weight excluding hydrogens is 335 g/mol. The maximum Gasteiger partial charge on any atom is 0.171 e. The molecule has 2 rings (SSSR count). The van der Waals surface area contributed by atoms with Gasteiger partial charge >= 0.3 is 0 Å². The Labute approximate surface area is 146 Å². The standard InChI is InChI=1S/C17H18Cl2N2S/c1-17(2,11-12-6-4-3-5-7-12)21-16(22)20-15-9-13(18)8-14(19)10-15/h3-10H,11H2,1-2H3,(H2,20,21,22). The van der Waals surface area contributed by atoms with Crippen LogP contribution in [-0.2, 0) is 6.42 Å². The van der Waals surface area contributed by atoms with Crippen LogP contribution in [0, 0.1) is 0 Å². The molecule has 0 unspecified atom stereocenters. The molecule has 0 aliphatic heterocycles. The Hall–Kier alpha value is -1.29. The quantitative estimate of drug-likeness (QED) is 0.730. The molecule has 0 amide bonds. The van der Waals surface area contributed by atoms with E-state index < -0.39 is 0 Å². The van der Waals surface area contributed by atoms with E-state index in [0.717, 1.165) is 12.1 Å². The van der Waals surface area contributed by atoms with Gasteiger partial charge in [-0.05, 0) is 56.2 Å². The minimum atomic E-state index is -0.173. The monoisotopic (exact) mass is 352 g/mol. The van der Waals surface area contributed by atoms with E-state index in [4.69, 9.17) is 35.4 Å². The molecule has 0 aliphatic rings. The van der Waals surface area contributed by atoms with Crippen molar-refractivity contribution in [3.05, 3.63) is 64.1 Å². The molecule has 5 heteroatoms. The van der Waals surface area contributed by atoms with Crippen LogP contribution in [0.2, 0.25) is 10.0 Å². The lowest BCUT2D eigenvalue weighted by Gasteiger charge is -2.28. The molecule has 0 fully saturated rings. The topological polar surface area (TPSA) is 24.1 Å². The van der Waals surface area contributed by atoms with Gasteiger partial charge in [0.25, 0.3) is 0 Å². The molecule has 0 radical (unpaired) electrons. The van der Waals surface area contributed by atoms with Gasteiger partial charge in [0.05, 0.1) is 0 Å². The van der Waals surface area contributed by atoms with Crippen molar-refractivity contribution in [3.63, 3.8) is 0 Å². The van der Waals surface area contributed by atoms with Gasteiger partial charge < -0.3 is 10.6 Å². The van der Waals surface area contributed by atoms with Crippen molar-refractivity contribution in [3.8, 4) is 0 Å². The van der Waals surface area contributed by atoms with E-state index in [-0.39, 0.29) is 5.54 Å². The Morgan fingerprint density at radius 3 is 2.23 bits per heavy atom. The molecule has 0 heterocycles. The molecule has 0 atom stereocenters. The van der Waals surface area contributed by atoms with Crippen LogP contribution < -0.4 is 10.6 Å². The van der Waals surface area contributed by atoms with Crippen molar-refractivity contribution in [1.82, 2.24) is 5.32 Å². The van der Waals surface area contributed by atoms with E-state index in [1.165, 1.54) is 5.56 Å². The average Bonchev–Trinajstić information content (AvgIpc) is 2.36. The van der Waals surface area contributed by atoms with Crippen LogP contribution in [-0.4, -0.2) is 10.7 Å². The Morgan fingerprint density at radius 2 is 1.64 bits per heavy atom. The Kier molecular flexibility index (Phi) is 5.68. The van der Waals surface area contributed by atoms with Crippen LogP contribution in [0.25, 0.3) is 0 Å². The second-order valence-corrected chi connectivity index (χ2v) is 7.06. The van der Waals surface area contributed by atoms with Gasteiger partial charge in [0, 0.05) is 21.3 Å². The lowest BCUT2D eigenvalue weighted by molar-refractivity contribution is 0.461. The molecule has 0 saturated carbocycles. The van der Waals surface area contributed by atoms with E-state index in [2.05, 4.69) is 36.6 Å². The normalized spacial score (nSPS) is 11.1. The van der Waals surface area contributed by atoms with Crippen molar-refractivity contribution in [2.45, 2.75) is 25.8 Å². The number of thiocarbonyl (C=S) groups is 1. The maximum atomic E-state index is 5.99. The first kappa shape index (κ1) is 17.1. The van der Waals surface area contributed by atoms with Crippen LogP contribution in [0.3, 0.4) is 0 Å². The van der Waals surface area contributed by atoms with Gasteiger partial charge in [0.1, 0.15) is 0 Å². The first-order chi connectivity index (χ1) is 10.3. The van der Waals surface area contributed by atoms with E-state index in [0.29, 0.717) is 15.2 Å². The zero-order valence-corrected chi connectivity index (χ0v) is 14.8. The van der Waals surface area contributed by atoms with E-state index >= 15 is 0 Å². The van der Waals surface area contributed by atoms with Crippen LogP contribution in [0.15, 0.2) is 48.5 Å². The second-order valence-electron chi connectivity index (χ2n) is 5.78. The van der Waals surface area contributed by atoms with Gasteiger partial charge in [0.15, 0.2) is 5.11 Å². The van der Waals surface area contributed by atoms with Gasteiger partial charge in [-0.15, -0.1) is 0 Å². The number of nitrogens with one attached hydrogen (secondary N) is 2. The summed E-state index contributed by atoms with van der Waals surface area (Å²) in [4.78, 5) is 0. The first-order valence-corrected chi connectivity index (χ1v) is 8.10. The van der Waals surface area contributed by atoms with Crippen molar-refractivity contribution in [2.75, 3.05) is 5.32 Å². The largest absolute Gasteiger partial charge is 0.357 e. The number of benzene rings is 2. The predicted molar refractivity (Wildman–Crippen MR) is 100 cm³/mol. The summed E-state index contributed by atoms with van der Waals surface area (Å²) in [6, 6.07) is 15.6. The van der Waals surface area contributed by atoms with Gasteiger partial charge in [-0.3, -0.25) is 0 Å². The summed E-state index contributed by atoms with van der Waals surface area (Å²) < 4.78 is 0. The SMILES string of the molecule is CC(C)(Cc1ccccc1)NC(=S)Nc1cc(Cl)cc(Cl)c1. The van der Waals surface area contributed by atoms with Crippen molar-refractivity contribution < 1.29 is 0 Å². The zero-order valence-electron chi connectivity index (χ0n) is 12.5. The highest BCUT2D eigenvalue weighted by Crippen LogP contribution is 2.22. The van der Waals surface area contributed by atoms with Gasteiger partial charge in [-0.25, -0.2) is 0 Å². The second kappa shape index (κ2) is 7.32. The molecule has 0 spiro atoms. The molecule has 2 N–H and O–H groups in total. The summed E-state index contributed by atoms with van der Waals surface area (Å²) in [7, 11) is 0. The van der Waals surface area contributed by atoms with Crippen molar-refractivity contribution >= 4 is 46.2 Å². The summed E-state index contributed by atoms with van der Waals surface area (Å²) in [5.41, 5.74) is 1.85. The smallest absolute Gasteiger partial charge is 0.171 e. The van der Waals surface area contributed by atoms with Crippen LogP contribution in [0.5, 0.6) is 0 Å². The first-order valence-electron chi connectivity index (χ1n) is 6.93. The maximum absolute atomic E-state index is 5.99. The molecule has 0 aliphatic carbocycles. The van der Waals surface area contributed by atoms with Gasteiger partial charge in [-0.2, -0.15) is 0 Å². The zero-order chi connectivity index (χ0) is 16.2. The molecule has 2 nitrogen and oxygen atoms in total. The number of rotatable bonds is 4. The molecule has 2 aromatic carbocycles. The third-order valence-corrected chi connectivity index (χ3v) is 3.70. The number of halogens is 2. The summed E-state index contributed by atoms with van der Waals surface area (Å²) in [6.07, 6.45) is 0.867. The van der Waals surface area contributed by atoms with Gasteiger partial charge in [0.2, 0.25) is 0 Å². The Morgan fingerprint density at radius 1 is 1.05 bits per heavy atom. The fourth-order valence-corrected chi connectivity index (χ4v) is 3.17. The molecule has 0 saturated heterocycles. The highest BCUT2D eigenvalue weighted by molar-refractivity contribution is 7.80. The average molecular weight is 353 g/mol. The molecule has 2 aromatic rings. The Balaban J connectivity index is 1.98. The lowest BCUT2D eigenvalue weighted by atomic mass is 9.95. The third kappa shape index (κ3) is 5.48. The molecule has 0 aromatic heterocycles. The summed E-state index contributed by atoms with van der Waals surface area (Å²) in [5.74, 6) is 0. The van der Waals surface area contributed by atoms with Crippen LogP contribution in [0.4, 0.5) is 5.69 Å². The van der Waals surface area contributed by atoms with Crippen molar-refractivity contribution in [2.24, 2.45) is 0 Å². The van der Waals surface area contributed by atoms with Crippen LogP contribution >= 0.6 is 35.4 Å². The van der Waals surface area contributed by atoms with E-state index in [1.807, 2.05) is 18.2 Å². The van der Waals surface area contributed by atoms with Crippen molar-refractivity contribution in [1.29, 1.82) is 0 Å². The summed E-state index contributed by atoms with van der Waals surface area (Å²) >= 11 is 17.4. The molecule has 22 heavy (non-hydrogen) atoms. The summed E-state index contributed by atoms with van der Waals surface area (Å²) in [6.45, 7) is 4.22. The lowest BCUT2D eigenvalue weighted by Crippen LogP contribution is -2.46. The predicted octanol–water partition coefficient (Wildman–Crippen LogP) is 5.30. The molecule has 116 valence electrons.